The van der Waals surface area contributed by atoms with Crippen LogP contribution in [0, 0.1) is 0 Å². The second kappa shape index (κ2) is 4.40. The number of carbonyl (C=O) groups is 1. The van der Waals surface area contributed by atoms with Crippen LogP contribution in [0.3, 0.4) is 0 Å². The van der Waals surface area contributed by atoms with Crippen LogP contribution in [0.2, 0.25) is 0 Å². The molecule has 0 aliphatic heterocycles. The summed E-state index contributed by atoms with van der Waals surface area (Å²) in [4.78, 5) is 16.4. The van der Waals surface area contributed by atoms with E-state index in [1.165, 1.54) is 0 Å². The summed E-state index contributed by atoms with van der Waals surface area (Å²) in [5, 5.41) is 0. The van der Waals surface area contributed by atoms with E-state index < -0.39 is 0 Å². The fourth-order valence-electron chi connectivity index (χ4n) is 0.996. The Kier molecular flexibility index (Phi) is 3.20. The van der Waals surface area contributed by atoms with E-state index in [2.05, 4.69) is 4.98 Å². The highest BCUT2D eigenvalue weighted by molar-refractivity contribution is 6.06. The molecule has 0 aliphatic rings. The molecule has 1 aromatic rings. The molecule has 0 N–H and O–H groups in total. The van der Waals surface area contributed by atoms with E-state index in [-0.39, 0.29) is 0 Å². The van der Waals surface area contributed by atoms with Gasteiger partial charge in [0.15, 0.2) is 6.29 Å². The maximum atomic E-state index is 10.7. The molecular weight excluding hydrogens is 164 g/mol. The van der Waals surface area contributed by atoms with Crippen LogP contribution in [0.4, 0.5) is 0 Å². The molecule has 0 amide bonds. The summed E-state index contributed by atoms with van der Waals surface area (Å²) in [6.07, 6.45) is 5.96. The zero-order valence-electron chi connectivity index (χ0n) is 7.77. The van der Waals surface area contributed by atoms with Gasteiger partial charge in [0.25, 0.3) is 0 Å². The zero-order chi connectivity index (χ0) is 9.68. The Hall–Kier alpha value is -1.64. The summed E-state index contributed by atoms with van der Waals surface area (Å²) >= 11 is 0. The first kappa shape index (κ1) is 9.45. The van der Waals surface area contributed by atoms with Gasteiger partial charge in [0, 0.05) is 38.3 Å². The second-order valence-corrected chi connectivity index (χ2v) is 2.90. The van der Waals surface area contributed by atoms with Gasteiger partial charge in [-0.2, -0.15) is 0 Å². The van der Waals surface area contributed by atoms with Crippen molar-refractivity contribution < 1.29 is 4.79 Å². The molecule has 0 unspecified atom stereocenters. The van der Waals surface area contributed by atoms with Crippen LogP contribution in [0.5, 0.6) is 0 Å². The molecule has 1 rings (SSSR count). The minimum Gasteiger partial charge on any atom is -0.383 e. The maximum absolute atomic E-state index is 10.7. The van der Waals surface area contributed by atoms with Gasteiger partial charge in [-0.3, -0.25) is 9.78 Å². The molecule has 0 saturated carbocycles. The lowest BCUT2D eigenvalue weighted by Gasteiger charge is -2.06. The van der Waals surface area contributed by atoms with E-state index in [0.717, 1.165) is 11.8 Å². The lowest BCUT2D eigenvalue weighted by Crippen LogP contribution is -2.03. The molecule has 1 heterocycles. The van der Waals surface area contributed by atoms with Gasteiger partial charge in [-0.25, -0.2) is 0 Å². The van der Waals surface area contributed by atoms with Crippen molar-refractivity contribution in [3.63, 3.8) is 0 Å². The third-order valence-corrected chi connectivity index (χ3v) is 1.54. The highest BCUT2D eigenvalue weighted by atomic mass is 16.1. The summed E-state index contributed by atoms with van der Waals surface area (Å²) in [5.74, 6) is 0. The van der Waals surface area contributed by atoms with Gasteiger partial charge >= 0.3 is 0 Å². The van der Waals surface area contributed by atoms with E-state index in [1.54, 1.807) is 18.6 Å². The number of hydrogen-bond acceptors (Lipinski definition) is 3. The van der Waals surface area contributed by atoms with Crippen molar-refractivity contribution in [2.75, 3.05) is 14.1 Å². The van der Waals surface area contributed by atoms with Crippen molar-refractivity contribution in [3.05, 3.63) is 36.3 Å². The first-order valence-electron chi connectivity index (χ1n) is 3.98. The fraction of sp³-hybridized carbons (Fsp3) is 0.200. The van der Waals surface area contributed by atoms with Crippen molar-refractivity contribution in [1.29, 1.82) is 0 Å². The van der Waals surface area contributed by atoms with Crippen molar-refractivity contribution in [3.8, 4) is 0 Å². The number of pyridine rings is 1. The molecule has 0 fully saturated rings. The maximum Gasteiger partial charge on any atom is 0.152 e. The SMILES string of the molecule is CN(C)C=C(C=O)c1ccncc1. The first-order chi connectivity index (χ1) is 6.24. The number of aromatic nitrogens is 1. The average Bonchev–Trinajstić information content (AvgIpc) is 2.15. The van der Waals surface area contributed by atoms with Gasteiger partial charge < -0.3 is 4.90 Å². The zero-order valence-corrected chi connectivity index (χ0v) is 7.77. The fourth-order valence-corrected chi connectivity index (χ4v) is 0.996. The van der Waals surface area contributed by atoms with Crippen molar-refractivity contribution in [1.82, 2.24) is 9.88 Å². The van der Waals surface area contributed by atoms with Gasteiger partial charge in [-0.05, 0) is 17.7 Å². The van der Waals surface area contributed by atoms with Gasteiger partial charge in [-0.1, -0.05) is 0 Å². The topological polar surface area (TPSA) is 33.2 Å². The Labute approximate surface area is 77.7 Å². The highest BCUT2D eigenvalue weighted by Gasteiger charge is 1.98. The monoisotopic (exact) mass is 176 g/mol. The minimum atomic E-state index is 0.660. The minimum absolute atomic E-state index is 0.660. The Morgan fingerprint density at radius 3 is 2.46 bits per heavy atom. The molecule has 0 atom stereocenters. The Balaban J connectivity index is 2.98. The first-order valence-corrected chi connectivity index (χ1v) is 3.98. The van der Waals surface area contributed by atoms with Crippen LogP contribution >= 0.6 is 0 Å². The summed E-state index contributed by atoms with van der Waals surface area (Å²) in [7, 11) is 3.76. The number of aldehydes is 1. The molecule has 1 aromatic heterocycles. The standard InChI is InChI=1S/C10H12N2O/c1-12(2)7-10(8-13)9-3-5-11-6-4-9/h3-8H,1-2H3. The Morgan fingerprint density at radius 2 is 2.00 bits per heavy atom. The van der Waals surface area contributed by atoms with E-state index in [1.807, 2.05) is 31.1 Å². The lowest BCUT2D eigenvalue weighted by molar-refractivity contribution is -0.103. The lowest BCUT2D eigenvalue weighted by atomic mass is 10.1. The summed E-state index contributed by atoms with van der Waals surface area (Å²) in [6, 6.07) is 3.62. The number of nitrogens with zero attached hydrogens (tertiary/aromatic N) is 2. The van der Waals surface area contributed by atoms with Crippen LogP contribution in [0.1, 0.15) is 5.56 Å². The van der Waals surface area contributed by atoms with Crippen molar-refractivity contribution >= 4 is 11.9 Å². The average molecular weight is 176 g/mol. The molecule has 0 spiro atoms. The molecular formula is C10H12N2O. The van der Waals surface area contributed by atoms with Gasteiger partial charge in [-0.15, -0.1) is 0 Å². The molecule has 0 radical (unpaired) electrons. The predicted molar refractivity (Wildman–Crippen MR) is 52.0 cm³/mol. The summed E-state index contributed by atoms with van der Waals surface area (Å²) in [6.45, 7) is 0. The molecule has 0 aromatic carbocycles. The Bertz CT molecular complexity index is 304. The van der Waals surface area contributed by atoms with E-state index in [0.29, 0.717) is 5.57 Å². The smallest absolute Gasteiger partial charge is 0.152 e. The summed E-state index contributed by atoms with van der Waals surface area (Å²) < 4.78 is 0. The number of rotatable bonds is 3. The van der Waals surface area contributed by atoms with E-state index in [4.69, 9.17) is 0 Å². The van der Waals surface area contributed by atoms with Gasteiger partial charge in [0.2, 0.25) is 0 Å². The molecule has 13 heavy (non-hydrogen) atoms. The van der Waals surface area contributed by atoms with Gasteiger partial charge in [0.05, 0.1) is 0 Å². The van der Waals surface area contributed by atoms with Crippen molar-refractivity contribution in [2.45, 2.75) is 0 Å². The predicted octanol–water partition coefficient (Wildman–Crippen LogP) is 1.18. The molecule has 0 aliphatic carbocycles. The van der Waals surface area contributed by atoms with Gasteiger partial charge in [0.1, 0.15) is 0 Å². The van der Waals surface area contributed by atoms with Crippen LogP contribution in [0.25, 0.3) is 5.57 Å². The third-order valence-electron chi connectivity index (χ3n) is 1.54. The largest absolute Gasteiger partial charge is 0.383 e. The normalized spacial score (nSPS) is 11.1. The number of hydrogen-bond donors (Lipinski definition) is 0. The molecule has 3 heteroatoms. The summed E-state index contributed by atoms with van der Waals surface area (Å²) in [5.41, 5.74) is 1.55. The molecule has 0 saturated heterocycles. The van der Waals surface area contributed by atoms with Crippen LogP contribution in [-0.2, 0) is 4.79 Å². The van der Waals surface area contributed by atoms with Crippen LogP contribution in [0.15, 0.2) is 30.7 Å². The molecule has 0 bridgehead atoms. The number of allylic oxidation sites excluding steroid dienone is 1. The van der Waals surface area contributed by atoms with E-state index in [9.17, 15) is 4.79 Å². The van der Waals surface area contributed by atoms with E-state index >= 15 is 0 Å². The third kappa shape index (κ3) is 2.71. The van der Waals surface area contributed by atoms with Crippen LogP contribution < -0.4 is 0 Å². The highest BCUT2D eigenvalue weighted by Crippen LogP contribution is 2.10. The van der Waals surface area contributed by atoms with Crippen molar-refractivity contribution in [2.24, 2.45) is 0 Å². The number of carbonyl (C=O) groups excluding carboxylic acids is 1. The van der Waals surface area contributed by atoms with Crippen LogP contribution in [-0.4, -0.2) is 30.3 Å². The second-order valence-electron chi connectivity index (χ2n) is 2.90. The quantitative estimate of drug-likeness (QED) is 0.512. The molecule has 68 valence electrons. The Morgan fingerprint density at radius 1 is 1.38 bits per heavy atom. The molecule has 3 nitrogen and oxygen atoms in total.